The van der Waals surface area contributed by atoms with E-state index in [1.165, 1.54) is 11.8 Å². The quantitative estimate of drug-likeness (QED) is 0.506. The Balaban J connectivity index is 1.37. The molecule has 8 nitrogen and oxygen atoms in total. The standard InChI is InChI=1S/C25H25N5O3S/c1-2-33-18-12-10-17(11-13-18)27-22(31)15-34-25-28-23-20(14-26-29-23)24(32)30(25)21-9-5-7-16-6-3-4-8-19(16)21/h3-13,20,23,26,29H,2,14-15H2,1H3,(H,27,31). The van der Waals surface area contributed by atoms with Crippen LogP contribution in [-0.2, 0) is 9.59 Å². The van der Waals surface area contributed by atoms with Crippen molar-refractivity contribution in [2.45, 2.75) is 13.1 Å². The first kappa shape index (κ1) is 22.4. The predicted molar refractivity (Wildman–Crippen MR) is 136 cm³/mol. The molecule has 2 atom stereocenters. The molecule has 9 heteroatoms. The Morgan fingerprint density at radius 2 is 1.94 bits per heavy atom. The van der Waals surface area contributed by atoms with Crippen LogP contribution in [-0.4, -0.2) is 42.1 Å². The molecule has 1 saturated heterocycles. The highest BCUT2D eigenvalue weighted by molar-refractivity contribution is 8.14. The third kappa shape index (κ3) is 4.50. The molecule has 0 aromatic heterocycles. The molecular formula is C25H25N5O3S. The summed E-state index contributed by atoms with van der Waals surface area (Å²) in [5.41, 5.74) is 7.55. The van der Waals surface area contributed by atoms with E-state index in [1.54, 1.807) is 17.0 Å². The van der Waals surface area contributed by atoms with Gasteiger partial charge in [0, 0.05) is 17.6 Å². The lowest BCUT2D eigenvalue weighted by Crippen LogP contribution is -2.49. The zero-order valence-corrected chi connectivity index (χ0v) is 19.5. The van der Waals surface area contributed by atoms with Crippen LogP contribution in [0, 0.1) is 5.92 Å². The van der Waals surface area contributed by atoms with E-state index in [0.717, 1.165) is 22.2 Å². The molecule has 2 unspecified atom stereocenters. The molecule has 0 aliphatic carbocycles. The van der Waals surface area contributed by atoms with Gasteiger partial charge in [-0.15, -0.1) is 0 Å². The number of hydrazine groups is 1. The second-order valence-electron chi connectivity index (χ2n) is 7.95. The molecule has 2 heterocycles. The maximum absolute atomic E-state index is 13.5. The first-order valence-electron chi connectivity index (χ1n) is 11.2. The summed E-state index contributed by atoms with van der Waals surface area (Å²) in [6.45, 7) is 3.01. The Morgan fingerprint density at radius 3 is 2.76 bits per heavy atom. The number of hydrogen-bond donors (Lipinski definition) is 3. The number of ether oxygens (including phenoxy) is 1. The van der Waals surface area contributed by atoms with Crippen LogP contribution >= 0.6 is 11.8 Å². The second kappa shape index (κ2) is 9.84. The molecular weight excluding hydrogens is 450 g/mol. The lowest BCUT2D eigenvalue weighted by Gasteiger charge is -2.33. The number of carbonyl (C=O) groups is 2. The van der Waals surface area contributed by atoms with E-state index < -0.39 is 0 Å². The zero-order chi connectivity index (χ0) is 23.5. The van der Waals surface area contributed by atoms with E-state index >= 15 is 0 Å². The third-order valence-electron chi connectivity index (χ3n) is 5.72. The minimum Gasteiger partial charge on any atom is -0.494 e. The molecule has 3 N–H and O–H groups in total. The van der Waals surface area contributed by atoms with Crippen LogP contribution in [0.5, 0.6) is 5.75 Å². The molecule has 2 amide bonds. The Morgan fingerprint density at radius 1 is 1.15 bits per heavy atom. The Labute approximate surface area is 201 Å². The van der Waals surface area contributed by atoms with Crippen LogP contribution in [0.3, 0.4) is 0 Å². The predicted octanol–water partition coefficient (Wildman–Crippen LogP) is 3.36. The normalized spacial score (nSPS) is 19.6. The fourth-order valence-corrected chi connectivity index (χ4v) is 4.96. The number of carbonyl (C=O) groups excluding carboxylic acids is 2. The van der Waals surface area contributed by atoms with Crippen LogP contribution in [0.1, 0.15) is 6.92 Å². The second-order valence-corrected chi connectivity index (χ2v) is 8.90. The number of anilines is 2. The summed E-state index contributed by atoms with van der Waals surface area (Å²) < 4.78 is 5.44. The number of hydrogen-bond acceptors (Lipinski definition) is 7. The highest BCUT2D eigenvalue weighted by Gasteiger charge is 2.42. The zero-order valence-electron chi connectivity index (χ0n) is 18.7. The molecule has 2 aliphatic heterocycles. The highest BCUT2D eigenvalue weighted by Crippen LogP contribution is 2.34. The van der Waals surface area contributed by atoms with Crippen LogP contribution in [0.2, 0.25) is 0 Å². The molecule has 3 aromatic rings. The smallest absolute Gasteiger partial charge is 0.241 e. The van der Waals surface area contributed by atoms with Gasteiger partial charge in [-0.1, -0.05) is 48.2 Å². The van der Waals surface area contributed by atoms with E-state index in [0.29, 0.717) is 24.0 Å². The number of nitrogens with zero attached hydrogens (tertiary/aromatic N) is 2. The minimum atomic E-state index is -0.351. The van der Waals surface area contributed by atoms with Crippen molar-refractivity contribution in [1.82, 2.24) is 10.9 Å². The van der Waals surface area contributed by atoms with Gasteiger partial charge in [-0.25, -0.2) is 10.4 Å². The van der Waals surface area contributed by atoms with Crippen molar-refractivity contribution < 1.29 is 14.3 Å². The average Bonchev–Trinajstić information content (AvgIpc) is 3.33. The Kier molecular flexibility index (Phi) is 6.48. The van der Waals surface area contributed by atoms with Gasteiger partial charge < -0.3 is 10.1 Å². The van der Waals surface area contributed by atoms with Crippen LogP contribution in [0.4, 0.5) is 11.4 Å². The van der Waals surface area contributed by atoms with Crippen molar-refractivity contribution in [2.75, 3.05) is 29.1 Å². The molecule has 1 fully saturated rings. The maximum Gasteiger partial charge on any atom is 0.241 e. The lowest BCUT2D eigenvalue weighted by atomic mass is 10.0. The molecule has 0 radical (unpaired) electrons. The fraction of sp³-hybridized carbons (Fsp3) is 0.240. The summed E-state index contributed by atoms with van der Waals surface area (Å²) in [5, 5.41) is 5.39. The molecule has 34 heavy (non-hydrogen) atoms. The summed E-state index contributed by atoms with van der Waals surface area (Å²) in [6.07, 6.45) is -0.351. The molecule has 0 spiro atoms. The fourth-order valence-electron chi connectivity index (χ4n) is 4.12. The van der Waals surface area contributed by atoms with Crippen molar-refractivity contribution in [2.24, 2.45) is 10.9 Å². The number of thioether (sulfide) groups is 1. The first-order valence-corrected chi connectivity index (χ1v) is 12.2. The van der Waals surface area contributed by atoms with Gasteiger partial charge in [0.25, 0.3) is 0 Å². The molecule has 5 rings (SSSR count). The van der Waals surface area contributed by atoms with Crippen LogP contribution in [0.25, 0.3) is 10.8 Å². The van der Waals surface area contributed by atoms with E-state index in [4.69, 9.17) is 9.73 Å². The van der Waals surface area contributed by atoms with Gasteiger partial charge in [-0.2, -0.15) is 0 Å². The molecule has 0 bridgehead atoms. The third-order valence-corrected chi connectivity index (χ3v) is 6.67. The maximum atomic E-state index is 13.5. The van der Waals surface area contributed by atoms with Crippen molar-refractivity contribution in [3.8, 4) is 5.75 Å². The molecule has 0 saturated carbocycles. The number of amides is 2. The molecule has 174 valence electrons. The number of amidine groups is 1. The van der Waals surface area contributed by atoms with Gasteiger partial charge in [-0.3, -0.25) is 19.9 Å². The SMILES string of the molecule is CCOc1ccc(NC(=O)CSC2=NC3NNCC3C(=O)N2c2cccc3ccccc23)cc1. The lowest BCUT2D eigenvalue weighted by molar-refractivity contribution is -0.121. The van der Waals surface area contributed by atoms with Gasteiger partial charge in [-0.05, 0) is 42.6 Å². The average molecular weight is 476 g/mol. The van der Waals surface area contributed by atoms with E-state index in [9.17, 15) is 9.59 Å². The van der Waals surface area contributed by atoms with E-state index in [1.807, 2.05) is 61.5 Å². The van der Waals surface area contributed by atoms with E-state index in [-0.39, 0.29) is 29.7 Å². The highest BCUT2D eigenvalue weighted by atomic mass is 32.2. The van der Waals surface area contributed by atoms with Crippen molar-refractivity contribution >= 4 is 50.9 Å². The monoisotopic (exact) mass is 475 g/mol. The van der Waals surface area contributed by atoms with Gasteiger partial charge >= 0.3 is 0 Å². The number of aliphatic imine (C=N–C) groups is 1. The molecule has 3 aromatic carbocycles. The van der Waals surface area contributed by atoms with Crippen LogP contribution in [0.15, 0.2) is 71.7 Å². The van der Waals surface area contributed by atoms with Crippen molar-refractivity contribution in [3.63, 3.8) is 0 Å². The van der Waals surface area contributed by atoms with Crippen molar-refractivity contribution in [3.05, 3.63) is 66.7 Å². The summed E-state index contributed by atoms with van der Waals surface area (Å²) in [7, 11) is 0. The summed E-state index contributed by atoms with van der Waals surface area (Å²) in [6, 6.07) is 21.1. The first-order chi connectivity index (χ1) is 16.6. The largest absolute Gasteiger partial charge is 0.494 e. The minimum absolute atomic E-state index is 0.0386. The van der Waals surface area contributed by atoms with Crippen LogP contribution < -0.4 is 25.8 Å². The Hall–Kier alpha value is -3.40. The van der Waals surface area contributed by atoms with Gasteiger partial charge in [0.15, 0.2) is 5.17 Å². The number of nitrogens with one attached hydrogen (secondary N) is 3. The van der Waals surface area contributed by atoms with Gasteiger partial charge in [0.05, 0.1) is 24.0 Å². The topological polar surface area (TPSA) is 95.1 Å². The van der Waals surface area contributed by atoms with Crippen molar-refractivity contribution in [1.29, 1.82) is 0 Å². The molecule has 2 aliphatic rings. The van der Waals surface area contributed by atoms with Gasteiger partial charge in [0.1, 0.15) is 11.9 Å². The number of rotatable bonds is 6. The summed E-state index contributed by atoms with van der Waals surface area (Å²) in [5.74, 6) is 0.347. The van der Waals surface area contributed by atoms with Gasteiger partial charge in [0.2, 0.25) is 11.8 Å². The van der Waals surface area contributed by atoms with E-state index in [2.05, 4.69) is 16.2 Å². The number of benzene rings is 3. The Bertz CT molecular complexity index is 1240. The summed E-state index contributed by atoms with van der Waals surface area (Å²) in [4.78, 5) is 32.6. The number of fused-ring (bicyclic) bond motifs is 2. The summed E-state index contributed by atoms with van der Waals surface area (Å²) >= 11 is 1.25.